The summed E-state index contributed by atoms with van der Waals surface area (Å²) in [7, 11) is -1.77. The predicted octanol–water partition coefficient (Wildman–Crippen LogP) is 4.90. The normalized spacial score (nSPS) is 14.5. The van der Waals surface area contributed by atoms with Crippen LogP contribution in [0.3, 0.4) is 0 Å². The lowest BCUT2D eigenvalue weighted by Crippen LogP contribution is -2.41. The van der Waals surface area contributed by atoms with E-state index in [0.717, 1.165) is 0 Å². The molecule has 0 rings (SSSR count). The van der Waals surface area contributed by atoms with Crippen LogP contribution in [-0.4, -0.2) is 32.8 Å². The molecule has 0 heterocycles. The Bertz CT molecular complexity index is 350. The average Bonchev–Trinajstić information content (AvgIpc) is 2.23. The summed E-state index contributed by atoms with van der Waals surface area (Å²) in [5.41, 5.74) is -0.555. The maximum atomic E-state index is 11.6. The van der Waals surface area contributed by atoms with Crippen LogP contribution in [-0.2, 0) is 13.9 Å². The van der Waals surface area contributed by atoms with Gasteiger partial charge in [-0.2, -0.15) is 0 Å². The van der Waals surface area contributed by atoms with E-state index in [0.29, 0.717) is 13.0 Å². The molecule has 21 heavy (non-hydrogen) atoms. The lowest BCUT2D eigenvalue weighted by Gasteiger charge is -2.36. The maximum Gasteiger partial charge on any atom is 0.509 e. The molecule has 4 nitrogen and oxygen atoms in total. The molecular formula is C16H32O4Si. The third-order valence-electron chi connectivity index (χ3n) is 3.57. The first-order valence-electron chi connectivity index (χ1n) is 7.44. The fourth-order valence-electron chi connectivity index (χ4n) is 1.27. The first kappa shape index (κ1) is 20.2. The quantitative estimate of drug-likeness (QED) is 0.397. The minimum absolute atomic E-state index is 0.169. The number of hydrogen-bond acceptors (Lipinski definition) is 4. The van der Waals surface area contributed by atoms with Crippen molar-refractivity contribution in [2.24, 2.45) is 0 Å². The van der Waals surface area contributed by atoms with E-state index in [1.807, 2.05) is 0 Å². The summed E-state index contributed by atoms with van der Waals surface area (Å²) in [5, 5.41) is 0.169. The molecule has 0 N–H and O–H groups in total. The summed E-state index contributed by atoms with van der Waals surface area (Å²) in [4.78, 5) is 11.6. The molecule has 0 amide bonds. The van der Waals surface area contributed by atoms with Gasteiger partial charge in [0.2, 0.25) is 0 Å². The van der Waals surface area contributed by atoms with Crippen LogP contribution in [0.5, 0.6) is 0 Å². The van der Waals surface area contributed by atoms with Crippen LogP contribution in [0, 0.1) is 0 Å². The minimum Gasteiger partial charge on any atom is -0.429 e. The summed E-state index contributed by atoms with van der Waals surface area (Å²) in [6, 6.07) is 0. The smallest absolute Gasteiger partial charge is 0.429 e. The van der Waals surface area contributed by atoms with Crippen LogP contribution >= 0.6 is 0 Å². The molecule has 0 aliphatic rings. The van der Waals surface area contributed by atoms with Gasteiger partial charge in [-0.05, 0) is 38.9 Å². The molecule has 0 aromatic heterocycles. The Morgan fingerprint density at radius 1 is 1.19 bits per heavy atom. The molecule has 0 aromatic carbocycles. The van der Waals surface area contributed by atoms with E-state index < -0.39 is 20.1 Å². The summed E-state index contributed by atoms with van der Waals surface area (Å²) in [6.45, 7) is 20.6. The molecule has 0 saturated heterocycles. The second kappa shape index (κ2) is 7.45. The molecule has 0 aliphatic heterocycles. The Kier molecular flexibility index (Phi) is 7.16. The Balaban J connectivity index is 4.30. The first-order chi connectivity index (χ1) is 9.28. The van der Waals surface area contributed by atoms with E-state index in [4.69, 9.17) is 13.9 Å². The number of ether oxygens (including phenoxy) is 2. The van der Waals surface area contributed by atoms with Gasteiger partial charge in [0.15, 0.2) is 8.32 Å². The predicted molar refractivity (Wildman–Crippen MR) is 89.1 cm³/mol. The van der Waals surface area contributed by atoms with Crippen LogP contribution in [0.2, 0.25) is 18.1 Å². The van der Waals surface area contributed by atoms with Crippen molar-refractivity contribution in [2.75, 3.05) is 6.61 Å². The molecule has 0 fully saturated rings. The average molecular weight is 317 g/mol. The highest BCUT2D eigenvalue weighted by molar-refractivity contribution is 6.74. The molecule has 0 saturated carbocycles. The maximum absolute atomic E-state index is 11.6. The Morgan fingerprint density at radius 3 is 2.10 bits per heavy atom. The van der Waals surface area contributed by atoms with E-state index in [1.165, 1.54) is 0 Å². The topological polar surface area (TPSA) is 44.8 Å². The van der Waals surface area contributed by atoms with Gasteiger partial charge < -0.3 is 13.9 Å². The molecule has 0 aromatic rings. The van der Waals surface area contributed by atoms with Gasteiger partial charge >= 0.3 is 6.16 Å². The van der Waals surface area contributed by atoms with Gasteiger partial charge in [-0.25, -0.2) is 4.79 Å². The van der Waals surface area contributed by atoms with Crippen LogP contribution in [0.15, 0.2) is 12.7 Å². The highest BCUT2D eigenvalue weighted by Gasteiger charge is 2.37. The Morgan fingerprint density at radius 2 is 1.71 bits per heavy atom. The first-order valence-corrected chi connectivity index (χ1v) is 10.4. The molecule has 0 bridgehead atoms. The second-order valence-electron chi connectivity index (χ2n) is 7.75. The van der Waals surface area contributed by atoms with Gasteiger partial charge in [0.25, 0.3) is 0 Å². The molecule has 0 aliphatic carbocycles. The standard InChI is InChI=1S/C16H32O4Si/c1-10-13(19-14(17)20-15(2,3)4)11-12-18-21(8,9)16(5,6)7/h10,13H,1,11-12H2,2-9H3. The van der Waals surface area contributed by atoms with Crippen LogP contribution in [0.4, 0.5) is 4.79 Å². The van der Waals surface area contributed by atoms with Crippen molar-refractivity contribution in [1.29, 1.82) is 0 Å². The molecule has 1 unspecified atom stereocenters. The minimum atomic E-state index is -1.77. The fourth-order valence-corrected chi connectivity index (χ4v) is 2.33. The monoisotopic (exact) mass is 316 g/mol. The van der Waals surface area contributed by atoms with E-state index in [9.17, 15) is 4.79 Å². The van der Waals surface area contributed by atoms with Crippen molar-refractivity contribution >= 4 is 14.5 Å². The van der Waals surface area contributed by atoms with Crippen molar-refractivity contribution < 1.29 is 18.7 Å². The van der Waals surface area contributed by atoms with Crippen molar-refractivity contribution in [3.05, 3.63) is 12.7 Å². The van der Waals surface area contributed by atoms with E-state index >= 15 is 0 Å². The third kappa shape index (κ3) is 8.26. The van der Waals surface area contributed by atoms with E-state index in [1.54, 1.807) is 26.8 Å². The number of rotatable bonds is 6. The lowest BCUT2D eigenvalue weighted by molar-refractivity contribution is -0.0211. The van der Waals surface area contributed by atoms with Crippen molar-refractivity contribution in [1.82, 2.24) is 0 Å². The van der Waals surface area contributed by atoms with Crippen molar-refractivity contribution in [2.45, 2.75) is 77.8 Å². The molecule has 5 heteroatoms. The SMILES string of the molecule is C=CC(CCO[Si](C)(C)C(C)(C)C)OC(=O)OC(C)(C)C. The highest BCUT2D eigenvalue weighted by atomic mass is 28.4. The summed E-state index contributed by atoms with van der Waals surface area (Å²) < 4.78 is 16.4. The van der Waals surface area contributed by atoms with Gasteiger partial charge in [0, 0.05) is 13.0 Å². The molecular weight excluding hydrogens is 284 g/mol. The largest absolute Gasteiger partial charge is 0.509 e. The van der Waals surface area contributed by atoms with Gasteiger partial charge in [-0.1, -0.05) is 33.4 Å². The number of carbonyl (C=O) groups is 1. The van der Waals surface area contributed by atoms with Gasteiger partial charge in [-0.3, -0.25) is 0 Å². The summed E-state index contributed by atoms with van der Waals surface area (Å²) in [5.74, 6) is 0. The van der Waals surface area contributed by atoms with Crippen LogP contribution < -0.4 is 0 Å². The van der Waals surface area contributed by atoms with Crippen molar-refractivity contribution in [3.8, 4) is 0 Å². The number of hydrogen-bond donors (Lipinski definition) is 0. The molecule has 124 valence electrons. The number of carbonyl (C=O) groups excluding carboxylic acids is 1. The van der Waals surface area contributed by atoms with E-state index in [2.05, 4.69) is 40.4 Å². The summed E-state index contributed by atoms with van der Waals surface area (Å²) in [6.07, 6.45) is 1.15. The zero-order valence-electron chi connectivity index (χ0n) is 14.9. The van der Waals surface area contributed by atoms with Gasteiger partial charge in [-0.15, -0.1) is 0 Å². The second-order valence-corrected chi connectivity index (χ2v) is 12.6. The molecule has 1 atom stereocenters. The van der Waals surface area contributed by atoms with E-state index in [-0.39, 0.29) is 11.1 Å². The zero-order chi connectivity index (χ0) is 16.9. The molecule has 0 radical (unpaired) electrons. The van der Waals surface area contributed by atoms with Crippen LogP contribution in [0.1, 0.15) is 48.0 Å². The third-order valence-corrected chi connectivity index (χ3v) is 8.11. The van der Waals surface area contributed by atoms with Gasteiger partial charge in [0.05, 0.1) is 0 Å². The van der Waals surface area contributed by atoms with Gasteiger partial charge in [0.1, 0.15) is 11.7 Å². The Hall–Kier alpha value is -0.813. The Labute approximate surface area is 131 Å². The lowest BCUT2D eigenvalue weighted by atomic mass is 10.2. The highest BCUT2D eigenvalue weighted by Crippen LogP contribution is 2.36. The fraction of sp³-hybridized carbons (Fsp3) is 0.812. The summed E-state index contributed by atoms with van der Waals surface area (Å²) >= 11 is 0. The van der Waals surface area contributed by atoms with Crippen LogP contribution in [0.25, 0.3) is 0 Å². The van der Waals surface area contributed by atoms with Crippen molar-refractivity contribution in [3.63, 3.8) is 0 Å². The molecule has 0 spiro atoms. The zero-order valence-corrected chi connectivity index (χ0v) is 15.9.